The quantitative estimate of drug-likeness (QED) is 0.887. The fourth-order valence-corrected chi connectivity index (χ4v) is 2.18. The number of benzene rings is 1. The molecule has 0 aliphatic carbocycles. The molecular weight excluding hydrogens is 304 g/mol. The Morgan fingerprint density at radius 1 is 1.27 bits per heavy atom. The molecule has 2 aromatic rings. The Balaban J connectivity index is 2.07. The smallest absolute Gasteiger partial charge is 0.227 e. The minimum atomic E-state index is -0.418. The first-order valence-electron chi connectivity index (χ1n) is 6.76. The maximum atomic E-state index is 12.1. The number of hydrogen-bond donors (Lipinski definition) is 2. The van der Waals surface area contributed by atoms with Crippen molar-refractivity contribution in [3.63, 3.8) is 0 Å². The zero-order valence-electron chi connectivity index (χ0n) is 12.3. The van der Waals surface area contributed by atoms with Crippen molar-refractivity contribution in [3.8, 4) is 0 Å². The van der Waals surface area contributed by atoms with Gasteiger partial charge in [0, 0.05) is 31.3 Å². The molecule has 1 heterocycles. The summed E-state index contributed by atoms with van der Waals surface area (Å²) in [4.78, 5) is 23.5. The first kappa shape index (κ1) is 16.0. The van der Waals surface area contributed by atoms with Crippen LogP contribution in [0.2, 0.25) is 5.02 Å². The van der Waals surface area contributed by atoms with Crippen molar-refractivity contribution in [2.24, 2.45) is 7.05 Å². The Bertz CT molecular complexity index is 666. The summed E-state index contributed by atoms with van der Waals surface area (Å²) in [6, 6.07) is 8.31. The minimum Gasteiger partial charge on any atom is -0.349 e. The third-order valence-electron chi connectivity index (χ3n) is 3.02. The highest BCUT2D eigenvalue weighted by atomic mass is 35.5. The lowest BCUT2D eigenvalue weighted by Gasteiger charge is -2.17. The second-order valence-corrected chi connectivity index (χ2v) is 5.37. The number of carbonyl (C=O) groups is 2. The number of amides is 2. The summed E-state index contributed by atoms with van der Waals surface area (Å²) in [6.07, 6.45) is 1.85. The van der Waals surface area contributed by atoms with Crippen LogP contribution < -0.4 is 10.6 Å². The van der Waals surface area contributed by atoms with Crippen LogP contribution in [-0.4, -0.2) is 21.6 Å². The lowest BCUT2D eigenvalue weighted by atomic mass is 10.0. The van der Waals surface area contributed by atoms with E-state index in [4.69, 9.17) is 11.6 Å². The molecule has 0 fully saturated rings. The van der Waals surface area contributed by atoms with Crippen LogP contribution in [0.1, 0.15) is 24.9 Å². The molecule has 2 amide bonds. The van der Waals surface area contributed by atoms with Gasteiger partial charge in [-0.3, -0.25) is 14.3 Å². The number of anilines is 1. The highest BCUT2D eigenvalue weighted by Crippen LogP contribution is 2.20. The Morgan fingerprint density at radius 3 is 2.50 bits per heavy atom. The maximum absolute atomic E-state index is 12.1. The molecule has 0 spiro atoms. The maximum Gasteiger partial charge on any atom is 0.227 e. The molecule has 1 atom stereocenters. The molecule has 116 valence electrons. The Hall–Kier alpha value is -2.34. The fraction of sp³-hybridized carbons (Fsp3) is 0.267. The van der Waals surface area contributed by atoms with Crippen LogP contribution in [0, 0.1) is 0 Å². The molecule has 0 unspecified atom stereocenters. The van der Waals surface area contributed by atoms with Gasteiger partial charge in [-0.25, -0.2) is 0 Å². The third-order valence-corrected chi connectivity index (χ3v) is 3.27. The highest BCUT2D eigenvalue weighted by molar-refractivity contribution is 6.30. The molecule has 1 aromatic carbocycles. The minimum absolute atomic E-state index is 0.109. The molecule has 6 nitrogen and oxygen atoms in total. The topological polar surface area (TPSA) is 76.0 Å². The largest absolute Gasteiger partial charge is 0.349 e. The Labute approximate surface area is 133 Å². The van der Waals surface area contributed by atoms with Gasteiger partial charge in [0.25, 0.3) is 0 Å². The summed E-state index contributed by atoms with van der Waals surface area (Å²) in [6.45, 7) is 1.42. The van der Waals surface area contributed by atoms with Crippen molar-refractivity contribution in [3.05, 3.63) is 47.1 Å². The molecule has 0 saturated heterocycles. The SMILES string of the molecule is CC(=O)N[C@H](CC(=O)Nc1ccn(C)n1)c1ccc(Cl)cc1. The van der Waals surface area contributed by atoms with Crippen LogP contribution in [0.5, 0.6) is 0 Å². The molecule has 0 aliphatic rings. The normalized spacial score (nSPS) is 11.8. The molecule has 2 N–H and O–H groups in total. The lowest BCUT2D eigenvalue weighted by Crippen LogP contribution is -2.29. The second kappa shape index (κ2) is 7.09. The van der Waals surface area contributed by atoms with Gasteiger partial charge in [0.2, 0.25) is 11.8 Å². The van der Waals surface area contributed by atoms with E-state index >= 15 is 0 Å². The number of nitrogens with zero attached hydrogens (tertiary/aromatic N) is 2. The molecule has 7 heteroatoms. The summed E-state index contributed by atoms with van der Waals surface area (Å²) in [7, 11) is 1.77. The van der Waals surface area contributed by atoms with E-state index in [2.05, 4.69) is 15.7 Å². The molecule has 0 aliphatic heterocycles. The lowest BCUT2D eigenvalue weighted by molar-refractivity contribution is -0.120. The number of hydrogen-bond acceptors (Lipinski definition) is 3. The number of aryl methyl sites for hydroxylation is 1. The van der Waals surface area contributed by atoms with Gasteiger partial charge in [0.1, 0.15) is 0 Å². The van der Waals surface area contributed by atoms with E-state index in [1.54, 1.807) is 48.3 Å². The molecule has 0 saturated carbocycles. The van der Waals surface area contributed by atoms with E-state index < -0.39 is 6.04 Å². The van der Waals surface area contributed by atoms with Crippen LogP contribution >= 0.6 is 11.6 Å². The summed E-state index contributed by atoms with van der Waals surface area (Å²) in [5.41, 5.74) is 0.816. The van der Waals surface area contributed by atoms with Crippen LogP contribution in [0.15, 0.2) is 36.5 Å². The predicted octanol–water partition coefficient (Wildman–Crippen LogP) is 2.28. The van der Waals surface area contributed by atoms with Gasteiger partial charge in [-0.15, -0.1) is 0 Å². The van der Waals surface area contributed by atoms with Crippen molar-refractivity contribution < 1.29 is 9.59 Å². The highest BCUT2D eigenvalue weighted by Gasteiger charge is 2.17. The number of aromatic nitrogens is 2. The molecule has 2 rings (SSSR count). The molecule has 0 bridgehead atoms. The van der Waals surface area contributed by atoms with Gasteiger partial charge in [0.05, 0.1) is 12.5 Å². The number of halogens is 1. The van der Waals surface area contributed by atoms with Crippen LogP contribution in [0.25, 0.3) is 0 Å². The van der Waals surface area contributed by atoms with E-state index in [1.807, 2.05) is 0 Å². The first-order chi connectivity index (χ1) is 10.4. The van der Waals surface area contributed by atoms with Gasteiger partial charge < -0.3 is 10.6 Å². The van der Waals surface area contributed by atoms with E-state index in [9.17, 15) is 9.59 Å². The summed E-state index contributed by atoms with van der Waals surface area (Å²) < 4.78 is 1.60. The molecule has 1 aromatic heterocycles. The average Bonchev–Trinajstić information content (AvgIpc) is 2.83. The first-order valence-corrected chi connectivity index (χ1v) is 7.14. The van der Waals surface area contributed by atoms with Gasteiger partial charge in [0.15, 0.2) is 5.82 Å². The predicted molar refractivity (Wildman–Crippen MR) is 84.5 cm³/mol. The van der Waals surface area contributed by atoms with E-state index in [0.717, 1.165) is 5.56 Å². The van der Waals surface area contributed by atoms with Gasteiger partial charge in [-0.05, 0) is 17.7 Å². The summed E-state index contributed by atoms with van der Waals surface area (Å²) in [5.74, 6) is 0.0446. The zero-order chi connectivity index (χ0) is 16.1. The van der Waals surface area contributed by atoms with Gasteiger partial charge in [-0.1, -0.05) is 23.7 Å². The molecule has 0 radical (unpaired) electrons. The monoisotopic (exact) mass is 320 g/mol. The van der Waals surface area contributed by atoms with Gasteiger partial charge >= 0.3 is 0 Å². The van der Waals surface area contributed by atoms with Crippen molar-refractivity contribution in [1.82, 2.24) is 15.1 Å². The van der Waals surface area contributed by atoms with Crippen molar-refractivity contribution in [1.29, 1.82) is 0 Å². The van der Waals surface area contributed by atoms with Crippen LogP contribution in [0.4, 0.5) is 5.82 Å². The number of nitrogens with one attached hydrogen (secondary N) is 2. The van der Waals surface area contributed by atoms with E-state index in [0.29, 0.717) is 10.8 Å². The summed E-state index contributed by atoms with van der Waals surface area (Å²) >= 11 is 5.86. The number of rotatable bonds is 5. The van der Waals surface area contributed by atoms with E-state index in [1.165, 1.54) is 6.92 Å². The molecular formula is C15H17ClN4O2. The third kappa shape index (κ3) is 4.60. The van der Waals surface area contributed by atoms with Crippen molar-refractivity contribution in [2.45, 2.75) is 19.4 Å². The number of carbonyl (C=O) groups excluding carboxylic acids is 2. The van der Waals surface area contributed by atoms with Crippen molar-refractivity contribution >= 4 is 29.2 Å². The average molecular weight is 321 g/mol. The van der Waals surface area contributed by atoms with Crippen LogP contribution in [0.3, 0.4) is 0 Å². The van der Waals surface area contributed by atoms with Crippen LogP contribution in [-0.2, 0) is 16.6 Å². The second-order valence-electron chi connectivity index (χ2n) is 4.93. The standard InChI is InChI=1S/C15H17ClN4O2/c1-10(21)17-13(11-3-5-12(16)6-4-11)9-15(22)18-14-7-8-20(2)19-14/h3-8,13H,9H2,1-2H3,(H,17,21)(H,18,19,22)/t13-/m1/s1. The molecule has 22 heavy (non-hydrogen) atoms. The zero-order valence-corrected chi connectivity index (χ0v) is 13.1. The fourth-order valence-electron chi connectivity index (χ4n) is 2.05. The Morgan fingerprint density at radius 2 is 1.95 bits per heavy atom. The van der Waals surface area contributed by atoms with Gasteiger partial charge in [-0.2, -0.15) is 5.10 Å². The van der Waals surface area contributed by atoms with E-state index in [-0.39, 0.29) is 18.2 Å². The summed E-state index contributed by atoms with van der Waals surface area (Å²) in [5, 5.41) is 10.2. The van der Waals surface area contributed by atoms with Crippen molar-refractivity contribution in [2.75, 3.05) is 5.32 Å². The Kier molecular flexibility index (Phi) is 5.16.